The van der Waals surface area contributed by atoms with Crippen molar-refractivity contribution >= 4 is 29.2 Å². The molecule has 0 atom stereocenters. The van der Waals surface area contributed by atoms with E-state index in [2.05, 4.69) is 4.98 Å². The normalized spacial score (nSPS) is 10.1. The van der Waals surface area contributed by atoms with Crippen LogP contribution in [0.1, 0.15) is 16.8 Å². The number of aromatic nitrogens is 1. The van der Waals surface area contributed by atoms with Gasteiger partial charge in [-0.2, -0.15) is 5.26 Å². The van der Waals surface area contributed by atoms with Gasteiger partial charge in [0.25, 0.3) is 5.91 Å². The average molecular weight is 436 g/mol. The van der Waals surface area contributed by atoms with Crippen molar-refractivity contribution in [3.8, 4) is 17.6 Å². The third-order valence-electron chi connectivity index (χ3n) is 4.16. The molecule has 3 rings (SSSR count). The fourth-order valence-electron chi connectivity index (χ4n) is 2.75. The fraction of sp³-hybridized carbons (Fsp3) is 0.130. The van der Waals surface area contributed by atoms with Gasteiger partial charge in [0, 0.05) is 23.5 Å². The summed E-state index contributed by atoms with van der Waals surface area (Å²) in [5, 5.41) is 9.35. The number of hydrogen-bond acceptors (Lipinski definition) is 6. The number of rotatable bonds is 8. The van der Waals surface area contributed by atoms with E-state index >= 15 is 0 Å². The van der Waals surface area contributed by atoms with Crippen molar-refractivity contribution in [1.82, 2.24) is 4.98 Å². The van der Waals surface area contributed by atoms with E-state index in [4.69, 9.17) is 26.3 Å². The Morgan fingerprint density at radius 1 is 1.10 bits per heavy atom. The van der Waals surface area contributed by atoms with Gasteiger partial charge in [0.2, 0.25) is 0 Å². The number of nitrogens with zero attached hydrogens (tertiary/aromatic N) is 3. The molecule has 0 spiro atoms. The Bertz CT molecular complexity index is 1100. The second-order valence-corrected chi connectivity index (χ2v) is 6.73. The van der Waals surface area contributed by atoms with E-state index in [9.17, 15) is 9.59 Å². The monoisotopic (exact) mass is 435 g/mol. The van der Waals surface area contributed by atoms with Crippen molar-refractivity contribution in [3.05, 3.63) is 83.6 Å². The molecule has 1 heterocycles. The van der Waals surface area contributed by atoms with Crippen LogP contribution in [-0.2, 0) is 9.53 Å². The van der Waals surface area contributed by atoms with Gasteiger partial charge in [-0.05, 0) is 42.5 Å². The van der Waals surface area contributed by atoms with Crippen molar-refractivity contribution in [1.29, 1.82) is 5.26 Å². The smallest absolute Gasteiger partial charge is 0.342 e. The average Bonchev–Trinajstić information content (AvgIpc) is 2.79. The maximum absolute atomic E-state index is 12.7. The van der Waals surface area contributed by atoms with Crippen LogP contribution in [0, 0.1) is 11.3 Å². The number of anilines is 1. The predicted octanol–water partition coefficient (Wildman–Crippen LogP) is 4.63. The summed E-state index contributed by atoms with van der Waals surface area (Å²) in [6.07, 6.45) is 3.24. The quantitative estimate of drug-likeness (QED) is 0.479. The van der Waals surface area contributed by atoms with Gasteiger partial charge in [0.15, 0.2) is 6.61 Å². The van der Waals surface area contributed by atoms with Crippen LogP contribution in [0.25, 0.3) is 0 Å². The van der Waals surface area contributed by atoms with Gasteiger partial charge in [-0.25, -0.2) is 4.79 Å². The summed E-state index contributed by atoms with van der Waals surface area (Å²) in [6, 6.07) is 18.6. The molecule has 156 valence electrons. The number of para-hydroxylation sites is 1. The van der Waals surface area contributed by atoms with Crippen LogP contribution in [0.2, 0.25) is 5.02 Å². The van der Waals surface area contributed by atoms with Gasteiger partial charge in [0.1, 0.15) is 17.1 Å². The molecule has 8 heteroatoms. The van der Waals surface area contributed by atoms with Gasteiger partial charge >= 0.3 is 5.97 Å². The molecule has 2 aromatic carbocycles. The minimum absolute atomic E-state index is 0.119. The minimum atomic E-state index is -0.709. The van der Waals surface area contributed by atoms with E-state index in [1.165, 1.54) is 11.1 Å². The Morgan fingerprint density at radius 3 is 2.68 bits per heavy atom. The van der Waals surface area contributed by atoms with E-state index in [1.807, 2.05) is 6.07 Å². The fourth-order valence-corrected chi connectivity index (χ4v) is 2.93. The topological polar surface area (TPSA) is 92.5 Å². The molecular formula is C23H18ClN3O4. The first kappa shape index (κ1) is 21.8. The zero-order chi connectivity index (χ0) is 22.1. The van der Waals surface area contributed by atoms with E-state index in [0.29, 0.717) is 16.5 Å². The highest BCUT2D eigenvalue weighted by Gasteiger charge is 2.20. The number of ether oxygens (including phenoxy) is 2. The Labute approximate surface area is 184 Å². The Hall–Kier alpha value is -3.89. The molecule has 7 nitrogen and oxygen atoms in total. The van der Waals surface area contributed by atoms with Crippen molar-refractivity contribution in [2.75, 3.05) is 18.1 Å². The molecule has 0 saturated carbocycles. The van der Waals surface area contributed by atoms with Gasteiger partial charge < -0.3 is 14.4 Å². The predicted molar refractivity (Wildman–Crippen MR) is 115 cm³/mol. The standard InChI is InChI=1S/C23H18ClN3O4/c24-17-6-3-7-18(14-17)27(13-5-11-25)22(28)16-30-23(29)20-9-1-2-10-21(20)31-19-8-4-12-26-15-19/h1-4,6-10,12,14-15H,5,13,16H2. The largest absolute Gasteiger partial charge is 0.455 e. The molecule has 0 saturated heterocycles. The molecule has 0 N–H and O–H groups in total. The lowest BCUT2D eigenvalue weighted by atomic mass is 10.2. The molecular weight excluding hydrogens is 418 g/mol. The molecule has 1 amide bonds. The second kappa shape index (κ2) is 10.8. The lowest BCUT2D eigenvalue weighted by Crippen LogP contribution is -2.35. The van der Waals surface area contributed by atoms with Gasteiger partial charge in [0.05, 0.1) is 18.7 Å². The third-order valence-corrected chi connectivity index (χ3v) is 4.40. The lowest BCUT2D eigenvalue weighted by Gasteiger charge is -2.22. The number of amides is 1. The summed E-state index contributed by atoms with van der Waals surface area (Å²) in [5.41, 5.74) is 0.689. The Kier molecular flexibility index (Phi) is 7.57. The first-order valence-electron chi connectivity index (χ1n) is 9.35. The number of pyridine rings is 1. The number of esters is 1. The number of benzene rings is 2. The zero-order valence-electron chi connectivity index (χ0n) is 16.4. The molecule has 0 bridgehead atoms. The number of nitriles is 1. The SMILES string of the molecule is N#CCCN(C(=O)COC(=O)c1ccccc1Oc1cccnc1)c1cccc(Cl)c1. The van der Waals surface area contributed by atoms with Crippen LogP contribution in [0.5, 0.6) is 11.5 Å². The maximum atomic E-state index is 12.7. The van der Waals surface area contributed by atoms with Gasteiger partial charge in [-0.15, -0.1) is 0 Å². The number of hydrogen-bond donors (Lipinski definition) is 0. The van der Waals surface area contributed by atoms with Crippen LogP contribution in [0.3, 0.4) is 0 Å². The van der Waals surface area contributed by atoms with Crippen molar-refractivity contribution < 1.29 is 19.1 Å². The van der Waals surface area contributed by atoms with Gasteiger partial charge in [-0.3, -0.25) is 9.78 Å². The summed E-state index contributed by atoms with van der Waals surface area (Å²) >= 11 is 6.01. The minimum Gasteiger partial charge on any atom is -0.455 e. The molecule has 0 aliphatic heterocycles. The second-order valence-electron chi connectivity index (χ2n) is 6.30. The molecule has 31 heavy (non-hydrogen) atoms. The molecule has 0 radical (unpaired) electrons. The molecule has 1 aromatic heterocycles. The summed E-state index contributed by atoms with van der Waals surface area (Å²) in [4.78, 5) is 30.7. The third kappa shape index (κ3) is 6.04. The van der Waals surface area contributed by atoms with E-state index in [-0.39, 0.29) is 24.3 Å². The highest BCUT2D eigenvalue weighted by molar-refractivity contribution is 6.30. The van der Waals surface area contributed by atoms with Crippen LogP contribution < -0.4 is 9.64 Å². The summed E-state index contributed by atoms with van der Waals surface area (Å²) in [6.45, 7) is -0.355. The van der Waals surface area contributed by atoms with Crippen molar-refractivity contribution in [2.45, 2.75) is 6.42 Å². The van der Waals surface area contributed by atoms with Crippen molar-refractivity contribution in [3.63, 3.8) is 0 Å². The highest BCUT2D eigenvalue weighted by atomic mass is 35.5. The zero-order valence-corrected chi connectivity index (χ0v) is 17.2. The Balaban J connectivity index is 1.70. The lowest BCUT2D eigenvalue weighted by molar-refractivity contribution is -0.121. The molecule has 0 aliphatic rings. The molecule has 0 aliphatic carbocycles. The number of carbonyl (C=O) groups is 2. The van der Waals surface area contributed by atoms with E-state index < -0.39 is 18.5 Å². The van der Waals surface area contributed by atoms with Crippen LogP contribution in [0.4, 0.5) is 5.69 Å². The number of carbonyl (C=O) groups excluding carboxylic acids is 2. The Morgan fingerprint density at radius 2 is 1.94 bits per heavy atom. The summed E-state index contributed by atoms with van der Waals surface area (Å²) in [7, 11) is 0. The van der Waals surface area contributed by atoms with Crippen molar-refractivity contribution in [2.24, 2.45) is 0 Å². The highest BCUT2D eigenvalue weighted by Crippen LogP contribution is 2.25. The summed E-state index contributed by atoms with van der Waals surface area (Å²) < 4.78 is 11.0. The van der Waals surface area contributed by atoms with E-state index in [0.717, 1.165) is 0 Å². The molecule has 0 unspecified atom stereocenters. The van der Waals surface area contributed by atoms with E-state index in [1.54, 1.807) is 66.9 Å². The molecule has 0 fully saturated rings. The number of halogens is 1. The summed E-state index contributed by atoms with van der Waals surface area (Å²) in [5.74, 6) is -0.442. The maximum Gasteiger partial charge on any atom is 0.342 e. The first-order chi connectivity index (χ1) is 15.1. The van der Waals surface area contributed by atoms with Crippen LogP contribution in [0.15, 0.2) is 73.1 Å². The first-order valence-corrected chi connectivity index (χ1v) is 9.73. The molecule has 3 aromatic rings. The van der Waals surface area contributed by atoms with Crippen LogP contribution in [-0.4, -0.2) is 30.0 Å². The van der Waals surface area contributed by atoms with Crippen LogP contribution >= 0.6 is 11.6 Å². The van der Waals surface area contributed by atoms with Gasteiger partial charge in [-0.1, -0.05) is 29.8 Å².